The maximum absolute atomic E-state index is 2.68. The van der Waals surface area contributed by atoms with E-state index in [0.29, 0.717) is 0 Å². The third kappa shape index (κ3) is 1.34. The van der Waals surface area contributed by atoms with E-state index in [1.165, 1.54) is 38.8 Å². The zero-order chi connectivity index (χ0) is 6.97. The van der Waals surface area contributed by atoms with Gasteiger partial charge in [-0.25, -0.2) is 0 Å². The van der Waals surface area contributed by atoms with Crippen LogP contribution in [0.3, 0.4) is 0 Å². The van der Waals surface area contributed by atoms with Crippen LogP contribution in [0.15, 0.2) is 0 Å². The van der Waals surface area contributed by atoms with Crippen LogP contribution in [0, 0.1) is 5.92 Å². The summed E-state index contributed by atoms with van der Waals surface area (Å²) in [6.45, 7) is 5.14. The molecular weight excluding hydrogens is 122 g/mol. The Morgan fingerprint density at radius 3 is 2.10 bits per heavy atom. The van der Waals surface area contributed by atoms with Crippen molar-refractivity contribution in [3.63, 3.8) is 0 Å². The molecule has 1 nitrogen and oxygen atoms in total. The summed E-state index contributed by atoms with van der Waals surface area (Å²) in [6, 6.07) is 1.01. The molecule has 1 heteroatoms. The Labute approximate surface area is 63.4 Å². The first-order chi connectivity index (χ1) is 4.86. The van der Waals surface area contributed by atoms with Crippen LogP contribution < -0.4 is 0 Å². The molecule has 0 amide bonds. The second-order valence-electron chi connectivity index (χ2n) is 3.95. The lowest BCUT2D eigenvalue weighted by atomic mass is 9.99. The Morgan fingerprint density at radius 1 is 1.00 bits per heavy atom. The van der Waals surface area contributed by atoms with Gasteiger partial charge in [-0.3, -0.25) is 0 Å². The van der Waals surface area contributed by atoms with E-state index >= 15 is 0 Å². The van der Waals surface area contributed by atoms with E-state index < -0.39 is 0 Å². The number of likely N-dealkylation sites (tertiary alicyclic amines) is 1. The van der Waals surface area contributed by atoms with Gasteiger partial charge in [-0.2, -0.15) is 0 Å². The molecule has 2 rings (SSSR count). The molecule has 1 saturated carbocycles. The van der Waals surface area contributed by atoms with E-state index in [0.717, 1.165) is 12.0 Å². The fourth-order valence-corrected chi connectivity index (χ4v) is 1.83. The summed E-state index contributed by atoms with van der Waals surface area (Å²) in [5.74, 6) is 0.995. The molecule has 2 aliphatic rings. The first-order valence-corrected chi connectivity index (χ1v) is 4.60. The van der Waals surface area contributed by atoms with Crippen molar-refractivity contribution in [1.82, 2.24) is 4.90 Å². The van der Waals surface area contributed by atoms with Crippen LogP contribution in [0.1, 0.15) is 32.6 Å². The van der Waals surface area contributed by atoms with Crippen LogP contribution in [-0.4, -0.2) is 24.0 Å². The highest BCUT2D eigenvalue weighted by atomic mass is 15.2. The minimum absolute atomic E-state index is 0.995. The number of nitrogens with zero attached hydrogens (tertiary/aromatic N) is 1. The van der Waals surface area contributed by atoms with Gasteiger partial charge in [0.25, 0.3) is 0 Å². The van der Waals surface area contributed by atoms with Crippen molar-refractivity contribution < 1.29 is 0 Å². The molecule has 58 valence electrons. The molecule has 0 atom stereocenters. The molecule has 0 spiro atoms. The van der Waals surface area contributed by atoms with Gasteiger partial charge in [0, 0.05) is 6.04 Å². The lowest BCUT2D eigenvalue weighted by molar-refractivity contribution is 0.184. The highest BCUT2D eigenvalue weighted by Gasteiger charge is 2.30. The maximum Gasteiger partial charge on any atom is 0.00964 e. The van der Waals surface area contributed by atoms with Crippen molar-refractivity contribution in [1.29, 1.82) is 0 Å². The fraction of sp³-hybridized carbons (Fsp3) is 1.00. The third-order valence-electron chi connectivity index (χ3n) is 2.88. The van der Waals surface area contributed by atoms with Crippen molar-refractivity contribution in [3.05, 3.63) is 0 Å². The second-order valence-corrected chi connectivity index (χ2v) is 3.95. The quantitative estimate of drug-likeness (QED) is 0.536. The Balaban J connectivity index is 1.79. The molecule has 0 aromatic carbocycles. The second kappa shape index (κ2) is 2.54. The van der Waals surface area contributed by atoms with E-state index in [-0.39, 0.29) is 0 Å². The molecule has 1 saturated heterocycles. The van der Waals surface area contributed by atoms with Gasteiger partial charge in [0.15, 0.2) is 0 Å². The molecule has 2 fully saturated rings. The van der Waals surface area contributed by atoms with E-state index in [1.807, 2.05) is 0 Å². The van der Waals surface area contributed by atoms with Gasteiger partial charge >= 0.3 is 0 Å². The molecule has 10 heavy (non-hydrogen) atoms. The van der Waals surface area contributed by atoms with E-state index in [9.17, 15) is 0 Å². The smallest absolute Gasteiger partial charge is 0.00964 e. The highest BCUT2D eigenvalue weighted by molar-refractivity contribution is 4.86. The standard InChI is InChI=1S/C9H17N/c1-8-4-6-10(7-5-8)9-2-3-9/h8-9H,2-7H2,1H3. The number of hydrogen-bond acceptors (Lipinski definition) is 1. The third-order valence-corrected chi connectivity index (χ3v) is 2.88. The van der Waals surface area contributed by atoms with E-state index in [1.54, 1.807) is 0 Å². The van der Waals surface area contributed by atoms with E-state index in [4.69, 9.17) is 0 Å². The molecule has 1 aliphatic carbocycles. The first kappa shape index (κ1) is 6.66. The molecule has 0 N–H and O–H groups in total. The molecule has 0 bridgehead atoms. The van der Waals surface area contributed by atoms with Crippen LogP contribution in [0.5, 0.6) is 0 Å². The number of piperidine rings is 1. The summed E-state index contributed by atoms with van der Waals surface area (Å²) in [4.78, 5) is 2.68. The summed E-state index contributed by atoms with van der Waals surface area (Å²) < 4.78 is 0. The molecule has 0 aromatic heterocycles. The first-order valence-electron chi connectivity index (χ1n) is 4.60. The molecule has 1 heterocycles. The minimum atomic E-state index is 0.995. The van der Waals surface area contributed by atoms with Gasteiger partial charge in [0.2, 0.25) is 0 Å². The molecule has 0 aromatic rings. The average molecular weight is 139 g/mol. The molecule has 1 aliphatic heterocycles. The lowest BCUT2D eigenvalue weighted by Crippen LogP contribution is -2.34. The van der Waals surface area contributed by atoms with Crippen molar-refractivity contribution >= 4 is 0 Å². The minimum Gasteiger partial charge on any atom is -0.300 e. The normalized spacial score (nSPS) is 30.9. The van der Waals surface area contributed by atoms with Gasteiger partial charge in [-0.15, -0.1) is 0 Å². The predicted molar refractivity (Wildman–Crippen MR) is 43.0 cm³/mol. The zero-order valence-corrected chi connectivity index (χ0v) is 6.84. The largest absolute Gasteiger partial charge is 0.300 e. The molecule has 0 radical (unpaired) electrons. The summed E-state index contributed by atoms with van der Waals surface area (Å²) >= 11 is 0. The maximum atomic E-state index is 2.68. The average Bonchev–Trinajstić information content (AvgIpc) is 2.71. The zero-order valence-electron chi connectivity index (χ0n) is 6.84. The van der Waals surface area contributed by atoms with Crippen LogP contribution in [0.2, 0.25) is 0 Å². The number of hydrogen-bond donors (Lipinski definition) is 0. The molecular formula is C9H17N. The van der Waals surface area contributed by atoms with Crippen LogP contribution >= 0.6 is 0 Å². The molecule has 0 unspecified atom stereocenters. The van der Waals surface area contributed by atoms with Gasteiger partial charge < -0.3 is 4.90 Å². The Kier molecular flexibility index (Phi) is 1.69. The van der Waals surface area contributed by atoms with Gasteiger partial charge in [0.05, 0.1) is 0 Å². The topological polar surface area (TPSA) is 3.24 Å². The monoisotopic (exact) mass is 139 g/mol. The van der Waals surface area contributed by atoms with Gasteiger partial charge in [-0.05, 0) is 44.7 Å². The Bertz CT molecular complexity index is 110. The summed E-state index contributed by atoms with van der Waals surface area (Å²) in [7, 11) is 0. The summed E-state index contributed by atoms with van der Waals surface area (Å²) in [5.41, 5.74) is 0. The van der Waals surface area contributed by atoms with E-state index in [2.05, 4.69) is 11.8 Å². The van der Waals surface area contributed by atoms with Crippen LogP contribution in [0.25, 0.3) is 0 Å². The van der Waals surface area contributed by atoms with Crippen LogP contribution in [0.4, 0.5) is 0 Å². The van der Waals surface area contributed by atoms with Gasteiger partial charge in [-0.1, -0.05) is 6.92 Å². The predicted octanol–water partition coefficient (Wildman–Crippen LogP) is 1.88. The van der Waals surface area contributed by atoms with Crippen molar-refractivity contribution in [3.8, 4) is 0 Å². The van der Waals surface area contributed by atoms with Crippen molar-refractivity contribution in [2.24, 2.45) is 5.92 Å². The van der Waals surface area contributed by atoms with Gasteiger partial charge in [0.1, 0.15) is 0 Å². The summed E-state index contributed by atoms with van der Waals surface area (Å²) in [6.07, 6.45) is 5.84. The van der Waals surface area contributed by atoms with Crippen molar-refractivity contribution in [2.75, 3.05) is 13.1 Å². The number of rotatable bonds is 1. The SMILES string of the molecule is CC1CCN(C2CC2)CC1. The highest BCUT2D eigenvalue weighted by Crippen LogP contribution is 2.30. The van der Waals surface area contributed by atoms with Crippen LogP contribution in [-0.2, 0) is 0 Å². The fourth-order valence-electron chi connectivity index (χ4n) is 1.83. The lowest BCUT2D eigenvalue weighted by Gasteiger charge is -2.29. The Morgan fingerprint density at radius 2 is 1.60 bits per heavy atom. The van der Waals surface area contributed by atoms with Crippen molar-refractivity contribution in [2.45, 2.75) is 38.6 Å². The Hall–Kier alpha value is -0.0400. The summed E-state index contributed by atoms with van der Waals surface area (Å²) in [5, 5.41) is 0.